The van der Waals surface area contributed by atoms with E-state index in [0.717, 1.165) is 0 Å². The van der Waals surface area contributed by atoms with Crippen molar-refractivity contribution in [3.8, 4) is 0 Å². The molecule has 1 unspecified atom stereocenters. The fourth-order valence-corrected chi connectivity index (χ4v) is 0.936. The smallest absolute Gasteiger partial charge is 0.278 e. The van der Waals surface area contributed by atoms with Gasteiger partial charge in [-0.15, -0.1) is 0 Å². The van der Waals surface area contributed by atoms with Crippen LogP contribution in [0.4, 0.5) is 11.5 Å². The van der Waals surface area contributed by atoms with Gasteiger partial charge < -0.3 is 10.3 Å². The molecule has 0 aliphatic carbocycles. The van der Waals surface area contributed by atoms with Crippen molar-refractivity contribution in [1.29, 1.82) is 0 Å². The van der Waals surface area contributed by atoms with Crippen LogP contribution in [-0.4, -0.2) is 17.0 Å². The largest absolute Gasteiger partial charge is 0.628 e. The minimum absolute atomic E-state index is 0.0994. The topological polar surface area (TPSA) is 83.5 Å². The minimum Gasteiger partial charge on any atom is -0.628 e. The Kier molecular flexibility index (Phi) is 2.54. The summed E-state index contributed by atoms with van der Waals surface area (Å²) in [6, 6.07) is 2.50. The van der Waals surface area contributed by atoms with Gasteiger partial charge in [-0.1, -0.05) is 0 Å². The summed E-state index contributed by atoms with van der Waals surface area (Å²) in [6.07, 6.45) is 0. The zero-order valence-electron chi connectivity index (χ0n) is 7.27. The number of aromatic nitrogens is 1. The molecule has 0 aliphatic rings. The average Bonchev–Trinajstić information content (AvgIpc) is 2.03. The Morgan fingerprint density at radius 2 is 2.15 bits per heavy atom. The number of hydroxylamine groups is 1. The summed E-state index contributed by atoms with van der Waals surface area (Å²) in [6.45, 7) is 1.61. The van der Waals surface area contributed by atoms with Gasteiger partial charge in [0.25, 0.3) is 5.69 Å². The normalized spacial score (nSPS) is 12.5. The maximum Gasteiger partial charge on any atom is 0.278 e. The summed E-state index contributed by atoms with van der Waals surface area (Å²) in [5.41, 5.74) is 0.372. The lowest BCUT2D eigenvalue weighted by molar-refractivity contribution is -0.754. The molecule has 0 amide bonds. The van der Waals surface area contributed by atoms with Crippen LogP contribution in [0.1, 0.15) is 5.69 Å². The summed E-state index contributed by atoms with van der Waals surface area (Å²) in [4.78, 5) is 13.7. The van der Waals surface area contributed by atoms with Gasteiger partial charge in [0, 0.05) is 6.07 Å². The maximum atomic E-state index is 10.9. The van der Waals surface area contributed by atoms with Gasteiger partial charge in [-0.3, -0.25) is 10.1 Å². The summed E-state index contributed by atoms with van der Waals surface area (Å²) < 4.78 is 0. The highest BCUT2D eigenvalue weighted by atomic mass is 16.6. The molecular weight excluding hydrogens is 174 g/mol. The number of nitrogens with one attached hydrogen (secondary N) is 1. The van der Waals surface area contributed by atoms with E-state index in [4.69, 9.17) is 0 Å². The maximum absolute atomic E-state index is 10.9. The number of hydrogen-bond acceptors (Lipinski definition) is 4. The van der Waals surface area contributed by atoms with Gasteiger partial charge in [-0.25, -0.2) is 4.98 Å². The van der Waals surface area contributed by atoms with E-state index in [0.29, 0.717) is 5.69 Å². The molecule has 1 rings (SSSR count). The molecule has 0 saturated heterocycles. The lowest BCUT2D eigenvalue weighted by atomic mass is 10.3. The first-order valence-corrected chi connectivity index (χ1v) is 3.64. The van der Waals surface area contributed by atoms with Crippen molar-refractivity contribution in [2.24, 2.45) is 0 Å². The van der Waals surface area contributed by atoms with Crippen molar-refractivity contribution < 1.29 is 9.99 Å². The van der Waals surface area contributed by atoms with Crippen LogP contribution in [0.2, 0.25) is 0 Å². The van der Waals surface area contributed by atoms with E-state index >= 15 is 0 Å². The Hall–Kier alpha value is -1.53. The summed E-state index contributed by atoms with van der Waals surface area (Å²) in [7, 11) is 1.32. The lowest BCUT2D eigenvalue weighted by Gasteiger charge is -2.13. The van der Waals surface area contributed by atoms with Crippen LogP contribution in [-0.2, 0) is 0 Å². The molecule has 1 atom stereocenters. The predicted molar refractivity (Wildman–Crippen MR) is 45.5 cm³/mol. The number of nitro groups is 1. The van der Waals surface area contributed by atoms with Gasteiger partial charge in [0.1, 0.15) is 0 Å². The SMILES string of the molecule is Cc1cc([N+](=O)[O-])cc([NH+](C)[O-])n1. The second kappa shape index (κ2) is 3.46. The molecule has 70 valence electrons. The van der Waals surface area contributed by atoms with E-state index < -0.39 is 4.92 Å². The van der Waals surface area contributed by atoms with Gasteiger partial charge in [0.15, 0.2) is 0 Å². The molecule has 0 aliphatic heterocycles. The molecular formula is C7H9N3O3. The fraction of sp³-hybridized carbons (Fsp3) is 0.286. The standard InChI is InChI=1S/C7H9N3O3/c1-5-3-6(10(12)13)4-7(8-5)9(2)11/h3-4,9H,1-2H3. The zero-order valence-corrected chi connectivity index (χ0v) is 7.27. The molecule has 0 aromatic carbocycles. The molecule has 0 radical (unpaired) electrons. The van der Waals surface area contributed by atoms with Crippen molar-refractivity contribution in [1.82, 2.24) is 4.98 Å². The van der Waals surface area contributed by atoms with Gasteiger partial charge in [-0.2, -0.15) is 0 Å². The van der Waals surface area contributed by atoms with Crippen LogP contribution in [0.3, 0.4) is 0 Å². The number of pyridine rings is 1. The van der Waals surface area contributed by atoms with Gasteiger partial charge >= 0.3 is 0 Å². The summed E-state index contributed by atoms with van der Waals surface area (Å²) in [5.74, 6) is 0.131. The highest BCUT2D eigenvalue weighted by Gasteiger charge is 2.11. The van der Waals surface area contributed by atoms with Gasteiger partial charge in [0.05, 0.1) is 23.7 Å². The average molecular weight is 183 g/mol. The molecule has 1 aromatic rings. The van der Waals surface area contributed by atoms with Crippen LogP contribution in [0.25, 0.3) is 0 Å². The van der Waals surface area contributed by atoms with Crippen molar-refractivity contribution in [2.45, 2.75) is 6.92 Å². The van der Waals surface area contributed by atoms with Gasteiger partial charge in [0.2, 0.25) is 5.82 Å². The van der Waals surface area contributed by atoms with Crippen LogP contribution < -0.4 is 5.06 Å². The monoisotopic (exact) mass is 183 g/mol. The van der Waals surface area contributed by atoms with Crippen molar-refractivity contribution in [3.05, 3.63) is 33.1 Å². The summed E-state index contributed by atoms with van der Waals surface area (Å²) in [5, 5.41) is 21.0. The predicted octanol–water partition coefficient (Wildman–Crippen LogP) is -0.0578. The van der Waals surface area contributed by atoms with E-state index in [9.17, 15) is 15.3 Å². The second-order valence-corrected chi connectivity index (χ2v) is 2.67. The molecule has 6 heteroatoms. The van der Waals surface area contributed by atoms with Crippen molar-refractivity contribution in [2.75, 3.05) is 7.05 Å². The Bertz CT molecular complexity index is 338. The van der Waals surface area contributed by atoms with E-state index in [1.165, 1.54) is 19.2 Å². The molecule has 1 N–H and O–H groups in total. The van der Waals surface area contributed by atoms with E-state index in [1.807, 2.05) is 0 Å². The van der Waals surface area contributed by atoms with Crippen LogP contribution in [0, 0.1) is 22.2 Å². The molecule has 6 nitrogen and oxygen atoms in total. The number of rotatable bonds is 2. The summed E-state index contributed by atoms with van der Waals surface area (Å²) >= 11 is 0. The van der Waals surface area contributed by atoms with E-state index in [2.05, 4.69) is 4.98 Å². The van der Waals surface area contributed by atoms with Gasteiger partial charge in [-0.05, 0) is 6.92 Å². The molecule has 1 aromatic heterocycles. The molecule has 13 heavy (non-hydrogen) atoms. The molecule has 0 bridgehead atoms. The minimum atomic E-state index is -0.541. The molecule has 0 fully saturated rings. The van der Waals surface area contributed by atoms with E-state index in [-0.39, 0.29) is 16.6 Å². The Morgan fingerprint density at radius 3 is 2.62 bits per heavy atom. The first-order valence-electron chi connectivity index (χ1n) is 3.64. The Labute approximate surface area is 74.5 Å². The van der Waals surface area contributed by atoms with E-state index in [1.54, 1.807) is 6.92 Å². The molecule has 1 heterocycles. The Morgan fingerprint density at radius 1 is 1.54 bits per heavy atom. The number of aryl methyl sites for hydroxylation is 1. The van der Waals surface area contributed by atoms with Crippen LogP contribution in [0.5, 0.6) is 0 Å². The Balaban J connectivity index is 3.19. The lowest BCUT2D eigenvalue weighted by Crippen LogP contribution is -2.98. The van der Waals surface area contributed by atoms with Crippen molar-refractivity contribution in [3.63, 3.8) is 0 Å². The van der Waals surface area contributed by atoms with Crippen LogP contribution in [0.15, 0.2) is 12.1 Å². The highest BCUT2D eigenvalue weighted by Crippen LogP contribution is 2.14. The first kappa shape index (κ1) is 9.56. The number of nitrogens with zero attached hydrogens (tertiary/aromatic N) is 2. The quantitative estimate of drug-likeness (QED) is 0.514. The second-order valence-electron chi connectivity index (χ2n) is 2.67. The number of hydrogen-bond donors (Lipinski definition) is 1. The van der Waals surface area contributed by atoms with Crippen molar-refractivity contribution >= 4 is 11.5 Å². The highest BCUT2D eigenvalue weighted by molar-refractivity contribution is 5.38. The zero-order chi connectivity index (χ0) is 10.0. The first-order chi connectivity index (χ1) is 6.00. The number of quaternary nitrogens is 1. The fourth-order valence-electron chi connectivity index (χ4n) is 0.936. The van der Waals surface area contributed by atoms with Crippen LogP contribution >= 0.6 is 0 Å². The molecule has 0 saturated carbocycles. The molecule has 0 spiro atoms. The third-order valence-electron chi connectivity index (χ3n) is 1.51. The third-order valence-corrected chi connectivity index (χ3v) is 1.51. The third kappa shape index (κ3) is 2.20.